The van der Waals surface area contributed by atoms with Gasteiger partial charge >= 0.3 is 0 Å². The lowest BCUT2D eigenvalue weighted by molar-refractivity contribution is -0.117. The number of nitrogens with zero attached hydrogens (tertiary/aromatic N) is 2. The zero-order valence-electron chi connectivity index (χ0n) is 15.0. The van der Waals surface area contributed by atoms with Gasteiger partial charge < -0.3 is 10.1 Å². The number of carbonyl (C=O) groups is 1. The molecule has 1 aliphatic heterocycles. The Morgan fingerprint density at radius 3 is 2.64 bits per heavy atom. The third kappa shape index (κ3) is 4.23. The Balaban J connectivity index is 1.56. The van der Waals surface area contributed by atoms with Gasteiger partial charge in [0.25, 0.3) is 5.91 Å². The number of amidine groups is 1. The minimum Gasteiger partial charge on any atom is -0.489 e. The molecule has 3 aromatic rings. The summed E-state index contributed by atoms with van der Waals surface area (Å²) in [6.45, 7) is 0.674. The van der Waals surface area contributed by atoms with E-state index in [4.69, 9.17) is 4.74 Å². The minimum atomic E-state index is -0.113. The van der Waals surface area contributed by atoms with Gasteiger partial charge in [-0.3, -0.25) is 4.79 Å². The first-order valence-corrected chi connectivity index (χ1v) is 9.66. The van der Waals surface area contributed by atoms with E-state index in [1.807, 2.05) is 78.9 Å². The molecular formula is C22H18BrN3O2. The molecule has 28 heavy (non-hydrogen) atoms. The second-order valence-electron chi connectivity index (χ2n) is 6.29. The van der Waals surface area contributed by atoms with E-state index in [2.05, 4.69) is 26.3 Å². The zero-order valence-corrected chi connectivity index (χ0v) is 16.6. The van der Waals surface area contributed by atoms with Crippen molar-refractivity contribution in [3.8, 4) is 5.75 Å². The predicted octanol–water partition coefficient (Wildman–Crippen LogP) is 4.33. The van der Waals surface area contributed by atoms with Crippen molar-refractivity contribution in [1.29, 1.82) is 0 Å². The number of anilines is 1. The van der Waals surface area contributed by atoms with E-state index >= 15 is 0 Å². The fraction of sp³-hybridized carbons (Fsp3) is 0.0909. The molecule has 0 aromatic heterocycles. The molecule has 0 radical (unpaired) electrons. The smallest absolute Gasteiger partial charge is 0.266 e. The minimum absolute atomic E-state index is 0.113. The van der Waals surface area contributed by atoms with Crippen LogP contribution in [0.2, 0.25) is 0 Å². The first-order chi connectivity index (χ1) is 13.7. The molecule has 1 amide bonds. The summed E-state index contributed by atoms with van der Waals surface area (Å²) in [5, 5.41) is 9.03. The average molecular weight is 436 g/mol. The van der Waals surface area contributed by atoms with Crippen LogP contribution in [0.15, 0.2) is 88.4 Å². The van der Waals surface area contributed by atoms with Crippen LogP contribution in [0.4, 0.5) is 5.69 Å². The quantitative estimate of drug-likeness (QED) is 0.648. The molecule has 1 N–H and O–H groups in total. The second kappa shape index (κ2) is 8.27. The van der Waals surface area contributed by atoms with Crippen LogP contribution in [0.5, 0.6) is 5.75 Å². The average Bonchev–Trinajstić information content (AvgIpc) is 2.73. The number of carbonyl (C=O) groups excluding carboxylic acids is 1. The maximum atomic E-state index is 12.3. The molecule has 0 spiro atoms. The molecule has 0 aliphatic carbocycles. The number of rotatable bonds is 5. The largest absolute Gasteiger partial charge is 0.489 e. The van der Waals surface area contributed by atoms with Crippen LogP contribution in [0, 0.1) is 0 Å². The monoisotopic (exact) mass is 435 g/mol. The highest BCUT2D eigenvalue weighted by Gasteiger charge is 2.22. The molecule has 3 aromatic carbocycles. The summed E-state index contributed by atoms with van der Waals surface area (Å²) < 4.78 is 6.80. The molecule has 4 rings (SSSR count). The Hall–Kier alpha value is -3.12. The Kier molecular flexibility index (Phi) is 5.39. The molecule has 0 saturated carbocycles. The number of hydrogen-bond donors (Lipinski definition) is 1. The number of amides is 1. The summed E-state index contributed by atoms with van der Waals surface area (Å²) in [6, 6.07) is 25.2. The van der Waals surface area contributed by atoms with Crippen molar-refractivity contribution in [2.45, 2.75) is 6.61 Å². The van der Waals surface area contributed by atoms with Gasteiger partial charge in [0.2, 0.25) is 0 Å². The topological polar surface area (TPSA) is 53.9 Å². The lowest BCUT2D eigenvalue weighted by atomic mass is 10.2. The van der Waals surface area contributed by atoms with Crippen LogP contribution in [-0.4, -0.2) is 18.3 Å². The van der Waals surface area contributed by atoms with E-state index in [1.165, 1.54) is 5.01 Å². The van der Waals surface area contributed by atoms with Gasteiger partial charge in [-0.2, -0.15) is 5.01 Å². The van der Waals surface area contributed by atoms with Crippen LogP contribution in [0.1, 0.15) is 11.1 Å². The lowest BCUT2D eigenvalue weighted by Gasteiger charge is -2.25. The lowest BCUT2D eigenvalue weighted by Crippen LogP contribution is -2.45. The van der Waals surface area contributed by atoms with Crippen LogP contribution in [-0.2, 0) is 11.4 Å². The molecule has 1 aliphatic rings. The van der Waals surface area contributed by atoms with Gasteiger partial charge in [-0.25, -0.2) is 0 Å². The highest BCUT2D eigenvalue weighted by molar-refractivity contribution is 9.10. The summed E-state index contributed by atoms with van der Waals surface area (Å²) >= 11 is 3.44. The Morgan fingerprint density at radius 1 is 1.00 bits per heavy atom. The molecule has 140 valence electrons. The van der Waals surface area contributed by atoms with Crippen molar-refractivity contribution in [3.63, 3.8) is 0 Å². The van der Waals surface area contributed by atoms with Crippen molar-refractivity contribution in [3.05, 3.63) is 94.5 Å². The number of benzene rings is 3. The normalized spacial score (nSPS) is 13.7. The molecule has 0 atom stereocenters. The number of halogens is 1. The first-order valence-electron chi connectivity index (χ1n) is 8.87. The van der Waals surface area contributed by atoms with E-state index in [0.717, 1.165) is 27.0 Å². The molecule has 5 nitrogen and oxygen atoms in total. The van der Waals surface area contributed by atoms with Gasteiger partial charge in [0.05, 0.1) is 12.2 Å². The summed E-state index contributed by atoms with van der Waals surface area (Å²) in [5.41, 5.74) is 2.68. The highest BCUT2D eigenvalue weighted by atomic mass is 79.9. The molecule has 0 saturated heterocycles. The van der Waals surface area contributed by atoms with Crippen molar-refractivity contribution >= 4 is 33.4 Å². The van der Waals surface area contributed by atoms with Gasteiger partial charge in [-0.15, -0.1) is 5.10 Å². The number of nitrogens with one attached hydrogen (secondary N) is 1. The molecule has 0 fully saturated rings. The zero-order chi connectivity index (χ0) is 19.3. The van der Waals surface area contributed by atoms with Crippen LogP contribution < -0.4 is 15.1 Å². The third-order valence-corrected chi connectivity index (χ3v) is 4.75. The number of hydrazone groups is 1. The van der Waals surface area contributed by atoms with Crippen molar-refractivity contribution in [2.24, 2.45) is 5.10 Å². The molecule has 1 heterocycles. The first kappa shape index (κ1) is 18.3. The Bertz CT molecular complexity index is 1020. The summed E-state index contributed by atoms with van der Waals surface area (Å²) in [5.74, 6) is 1.26. The SMILES string of the molecule is O=C1CNC(c2cccc(OCc3ccccc3)c2)=NN1c1cccc(Br)c1. The maximum Gasteiger partial charge on any atom is 0.266 e. The van der Waals surface area contributed by atoms with E-state index in [9.17, 15) is 4.79 Å². The Labute approximate surface area is 171 Å². The van der Waals surface area contributed by atoms with E-state index < -0.39 is 0 Å². The van der Waals surface area contributed by atoms with Crippen LogP contribution >= 0.6 is 15.9 Å². The van der Waals surface area contributed by atoms with Gasteiger partial charge in [0.1, 0.15) is 12.4 Å². The summed E-state index contributed by atoms with van der Waals surface area (Å²) in [4.78, 5) is 12.3. The highest BCUT2D eigenvalue weighted by Crippen LogP contribution is 2.23. The summed E-state index contributed by atoms with van der Waals surface area (Å²) in [7, 11) is 0. The molecule has 6 heteroatoms. The summed E-state index contributed by atoms with van der Waals surface area (Å²) in [6.07, 6.45) is 0. The van der Waals surface area contributed by atoms with E-state index in [0.29, 0.717) is 12.4 Å². The number of hydrogen-bond acceptors (Lipinski definition) is 4. The predicted molar refractivity (Wildman–Crippen MR) is 113 cm³/mol. The molecule has 0 unspecified atom stereocenters. The maximum absolute atomic E-state index is 12.3. The van der Waals surface area contributed by atoms with Gasteiger partial charge in [-0.1, -0.05) is 64.5 Å². The van der Waals surface area contributed by atoms with E-state index in [1.54, 1.807) is 0 Å². The van der Waals surface area contributed by atoms with Crippen LogP contribution in [0.3, 0.4) is 0 Å². The van der Waals surface area contributed by atoms with Gasteiger partial charge in [0, 0.05) is 10.0 Å². The van der Waals surface area contributed by atoms with Crippen molar-refractivity contribution in [2.75, 3.05) is 11.6 Å². The standard InChI is InChI=1S/C22H18BrN3O2/c23-18-9-5-10-19(13-18)26-21(27)14-24-22(25-26)17-8-4-11-20(12-17)28-15-16-6-2-1-3-7-16/h1-13H,14-15H2,(H,24,25). The molecule has 0 bridgehead atoms. The second-order valence-corrected chi connectivity index (χ2v) is 7.21. The fourth-order valence-electron chi connectivity index (χ4n) is 2.87. The van der Waals surface area contributed by atoms with Crippen molar-refractivity contribution in [1.82, 2.24) is 5.32 Å². The van der Waals surface area contributed by atoms with Crippen LogP contribution in [0.25, 0.3) is 0 Å². The van der Waals surface area contributed by atoms with E-state index in [-0.39, 0.29) is 12.5 Å². The van der Waals surface area contributed by atoms with Gasteiger partial charge in [0.15, 0.2) is 5.84 Å². The Morgan fingerprint density at radius 2 is 1.82 bits per heavy atom. The molecular weight excluding hydrogens is 418 g/mol. The number of ether oxygens (including phenoxy) is 1. The third-order valence-electron chi connectivity index (χ3n) is 4.25. The van der Waals surface area contributed by atoms with Crippen molar-refractivity contribution < 1.29 is 9.53 Å². The fourth-order valence-corrected chi connectivity index (χ4v) is 3.26. The van der Waals surface area contributed by atoms with Gasteiger partial charge in [-0.05, 0) is 35.9 Å².